The molecule has 1 fully saturated rings. The lowest BCUT2D eigenvalue weighted by molar-refractivity contribution is -0.153. The van der Waals surface area contributed by atoms with Gasteiger partial charge in [-0.3, -0.25) is 10.1 Å². The molecule has 0 unspecified atom stereocenters. The lowest BCUT2D eigenvalue weighted by Crippen LogP contribution is -2.58. The van der Waals surface area contributed by atoms with Crippen LogP contribution < -0.4 is 5.32 Å². The second kappa shape index (κ2) is 6.56. The summed E-state index contributed by atoms with van der Waals surface area (Å²) >= 11 is 1.41. The van der Waals surface area contributed by atoms with Gasteiger partial charge < -0.3 is 9.64 Å². The first-order chi connectivity index (χ1) is 10.7. The van der Waals surface area contributed by atoms with Crippen molar-refractivity contribution in [2.75, 3.05) is 32.1 Å². The van der Waals surface area contributed by atoms with Crippen LogP contribution in [0.1, 0.15) is 5.56 Å². The average Bonchev–Trinajstić information content (AvgIpc) is 3.01. The van der Waals surface area contributed by atoms with Crippen LogP contribution in [-0.4, -0.2) is 48.1 Å². The summed E-state index contributed by atoms with van der Waals surface area (Å²) in [5.41, 5.74) is 0.215. The fourth-order valence-electron chi connectivity index (χ4n) is 2.70. The molecule has 1 N–H and O–H groups in total. The third-order valence-electron chi connectivity index (χ3n) is 3.78. The number of amides is 1. The van der Waals surface area contributed by atoms with Gasteiger partial charge in [-0.1, -0.05) is 30.3 Å². The van der Waals surface area contributed by atoms with Crippen LogP contribution in [0.15, 0.2) is 41.9 Å². The van der Waals surface area contributed by atoms with Crippen LogP contribution >= 0.6 is 11.3 Å². The van der Waals surface area contributed by atoms with Gasteiger partial charge in [0.05, 0.1) is 6.61 Å². The van der Waals surface area contributed by atoms with Crippen LogP contribution in [0.3, 0.4) is 0 Å². The third kappa shape index (κ3) is 3.35. The predicted octanol–water partition coefficient (Wildman–Crippen LogP) is 2.03. The molecule has 2 aromatic rings. The molecule has 0 bridgehead atoms. The van der Waals surface area contributed by atoms with Crippen LogP contribution in [-0.2, 0) is 16.0 Å². The molecule has 1 aromatic carbocycles. The van der Waals surface area contributed by atoms with Crippen molar-refractivity contribution in [1.82, 2.24) is 9.88 Å². The van der Waals surface area contributed by atoms with Crippen molar-refractivity contribution in [2.24, 2.45) is 0 Å². The minimum absolute atomic E-state index is 0.127. The second-order valence-corrected chi connectivity index (χ2v) is 6.43. The number of carbonyl (C=O) groups is 1. The molecule has 0 saturated carbocycles. The highest BCUT2D eigenvalue weighted by Gasteiger charge is 2.43. The molecule has 116 valence electrons. The number of hydrogen-bond acceptors (Lipinski definition) is 5. The Hall–Kier alpha value is -1.76. The molecule has 2 heterocycles. The van der Waals surface area contributed by atoms with Gasteiger partial charge in [-0.05, 0) is 12.6 Å². The van der Waals surface area contributed by atoms with Crippen molar-refractivity contribution in [3.63, 3.8) is 0 Å². The molecule has 0 radical (unpaired) electrons. The standard InChI is InChI=1S/C16H19N3O2S/c1-19-8-9-21-16(12-19,11-13-5-3-2-4-6-13)14(20)18-15-17-7-10-22-15/h2-7,10H,8-9,11-12H2,1H3,(H,17,18,20)/t16-/m1/s1. The maximum absolute atomic E-state index is 12.8. The maximum atomic E-state index is 12.8. The molecule has 3 rings (SSSR count). The van der Waals surface area contributed by atoms with Crippen molar-refractivity contribution < 1.29 is 9.53 Å². The number of aromatic nitrogens is 1. The van der Waals surface area contributed by atoms with Crippen molar-refractivity contribution in [3.8, 4) is 0 Å². The first-order valence-corrected chi connectivity index (χ1v) is 8.13. The number of ether oxygens (including phenoxy) is 1. The SMILES string of the molecule is CN1CCO[C@@](Cc2ccccc2)(C(=O)Nc2nccs2)C1. The van der Waals surface area contributed by atoms with Gasteiger partial charge in [0, 0.05) is 31.1 Å². The molecule has 0 spiro atoms. The van der Waals surface area contributed by atoms with Crippen LogP contribution in [0.5, 0.6) is 0 Å². The monoisotopic (exact) mass is 317 g/mol. The lowest BCUT2D eigenvalue weighted by Gasteiger charge is -2.40. The zero-order valence-corrected chi connectivity index (χ0v) is 13.3. The van der Waals surface area contributed by atoms with E-state index in [0.717, 1.165) is 12.1 Å². The van der Waals surface area contributed by atoms with Crippen LogP contribution in [0.2, 0.25) is 0 Å². The number of hydrogen-bond donors (Lipinski definition) is 1. The number of benzene rings is 1. The predicted molar refractivity (Wildman–Crippen MR) is 87.1 cm³/mol. The summed E-state index contributed by atoms with van der Waals surface area (Å²) in [7, 11) is 2.01. The molecule has 1 atom stereocenters. The van der Waals surface area contributed by atoms with Gasteiger partial charge in [0.1, 0.15) is 0 Å². The summed E-state index contributed by atoms with van der Waals surface area (Å²) in [5.74, 6) is -0.127. The smallest absolute Gasteiger partial charge is 0.260 e. The molecule has 0 aliphatic carbocycles. The van der Waals surface area contributed by atoms with E-state index < -0.39 is 5.60 Å². The van der Waals surface area contributed by atoms with Crippen molar-refractivity contribution >= 4 is 22.4 Å². The third-order valence-corrected chi connectivity index (χ3v) is 4.46. The Kier molecular flexibility index (Phi) is 4.52. The van der Waals surface area contributed by atoms with E-state index in [1.807, 2.05) is 42.8 Å². The van der Waals surface area contributed by atoms with E-state index in [0.29, 0.717) is 24.7 Å². The minimum Gasteiger partial charge on any atom is -0.362 e. The summed E-state index contributed by atoms with van der Waals surface area (Å²) in [6.07, 6.45) is 2.23. The first-order valence-electron chi connectivity index (χ1n) is 7.25. The fourth-order valence-corrected chi connectivity index (χ4v) is 3.23. The summed E-state index contributed by atoms with van der Waals surface area (Å²) < 4.78 is 5.97. The molecule has 1 aromatic heterocycles. The van der Waals surface area contributed by atoms with Crippen molar-refractivity contribution in [1.29, 1.82) is 0 Å². The number of likely N-dealkylation sites (N-methyl/N-ethyl adjacent to an activating group) is 1. The van der Waals surface area contributed by atoms with Gasteiger partial charge in [-0.15, -0.1) is 11.3 Å². The van der Waals surface area contributed by atoms with Crippen LogP contribution in [0.25, 0.3) is 0 Å². The van der Waals surface area contributed by atoms with Gasteiger partial charge in [-0.2, -0.15) is 0 Å². The van der Waals surface area contributed by atoms with Crippen LogP contribution in [0, 0.1) is 0 Å². The van der Waals surface area contributed by atoms with E-state index in [2.05, 4.69) is 15.2 Å². The average molecular weight is 317 g/mol. The van der Waals surface area contributed by atoms with Crippen LogP contribution in [0.4, 0.5) is 5.13 Å². The highest BCUT2D eigenvalue weighted by atomic mass is 32.1. The summed E-state index contributed by atoms with van der Waals surface area (Å²) in [4.78, 5) is 19.1. The molecule has 1 saturated heterocycles. The number of rotatable bonds is 4. The quantitative estimate of drug-likeness (QED) is 0.937. The Morgan fingerprint density at radius 3 is 2.95 bits per heavy atom. The first kappa shape index (κ1) is 15.1. The molecule has 1 aliphatic rings. The number of nitrogens with one attached hydrogen (secondary N) is 1. The van der Waals surface area contributed by atoms with E-state index in [4.69, 9.17) is 4.74 Å². The molecule has 22 heavy (non-hydrogen) atoms. The topological polar surface area (TPSA) is 54.5 Å². The van der Waals surface area contributed by atoms with E-state index >= 15 is 0 Å². The normalized spacial score (nSPS) is 22.4. The van der Waals surface area contributed by atoms with E-state index in [9.17, 15) is 4.79 Å². The summed E-state index contributed by atoms with van der Waals surface area (Å²) in [6, 6.07) is 9.98. The Morgan fingerprint density at radius 2 is 2.27 bits per heavy atom. The Bertz CT molecular complexity index is 618. The van der Waals surface area contributed by atoms with Crippen molar-refractivity contribution in [3.05, 3.63) is 47.5 Å². The molecular formula is C16H19N3O2S. The van der Waals surface area contributed by atoms with Gasteiger partial charge >= 0.3 is 0 Å². The Balaban J connectivity index is 1.83. The van der Waals surface area contributed by atoms with Crippen molar-refractivity contribution in [2.45, 2.75) is 12.0 Å². The number of anilines is 1. The maximum Gasteiger partial charge on any atom is 0.260 e. The number of carbonyl (C=O) groups excluding carboxylic acids is 1. The summed E-state index contributed by atoms with van der Waals surface area (Å²) in [5, 5.41) is 5.34. The molecule has 5 nitrogen and oxygen atoms in total. The van der Waals surface area contributed by atoms with Gasteiger partial charge in [0.15, 0.2) is 10.7 Å². The lowest BCUT2D eigenvalue weighted by atomic mass is 9.91. The van der Waals surface area contributed by atoms with Gasteiger partial charge in [0.25, 0.3) is 5.91 Å². The molecule has 1 aliphatic heterocycles. The largest absolute Gasteiger partial charge is 0.362 e. The molecule has 1 amide bonds. The minimum atomic E-state index is -0.875. The Labute approximate surface area is 133 Å². The Morgan fingerprint density at radius 1 is 1.45 bits per heavy atom. The number of nitrogens with zero attached hydrogens (tertiary/aromatic N) is 2. The highest BCUT2D eigenvalue weighted by Crippen LogP contribution is 2.25. The zero-order valence-electron chi connectivity index (χ0n) is 12.5. The van der Waals surface area contributed by atoms with Gasteiger partial charge in [-0.25, -0.2) is 4.98 Å². The molecular weight excluding hydrogens is 298 g/mol. The van der Waals surface area contributed by atoms with E-state index in [1.165, 1.54) is 11.3 Å². The van der Waals surface area contributed by atoms with Gasteiger partial charge in [0.2, 0.25) is 0 Å². The number of thiazole rings is 1. The zero-order chi connectivity index (χ0) is 15.4. The van der Waals surface area contributed by atoms with E-state index in [1.54, 1.807) is 6.20 Å². The highest BCUT2D eigenvalue weighted by molar-refractivity contribution is 7.13. The molecule has 6 heteroatoms. The number of morpholine rings is 1. The van der Waals surface area contributed by atoms with E-state index in [-0.39, 0.29) is 5.91 Å². The summed E-state index contributed by atoms with van der Waals surface area (Å²) in [6.45, 7) is 1.95. The second-order valence-electron chi connectivity index (χ2n) is 5.53. The fraction of sp³-hybridized carbons (Fsp3) is 0.375.